The summed E-state index contributed by atoms with van der Waals surface area (Å²) in [5.74, 6) is 0.441. The topological polar surface area (TPSA) is 117 Å². The first kappa shape index (κ1) is 23.9. The molecule has 0 spiro atoms. The number of aryl methyl sites for hydroxylation is 1. The number of ether oxygens (including phenoxy) is 1. The molecule has 2 aliphatic rings. The van der Waals surface area contributed by atoms with Gasteiger partial charge in [0.1, 0.15) is 12.2 Å². The molecule has 2 aromatic carbocycles. The van der Waals surface area contributed by atoms with Crippen molar-refractivity contribution in [2.75, 3.05) is 7.11 Å². The Hall–Kier alpha value is -4.44. The van der Waals surface area contributed by atoms with Gasteiger partial charge in [-0.15, -0.1) is 5.10 Å². The summed E-state index contributed by atoms with van der Waals surface area (Å²) in [6.45, 7) is 0. The third-order valence-electron chi connectivity index (χ3n) is 6.85. The molecular weight excluding hydrogens is 506 g/mol. The minimum absolute atomic E-state index is 0.140. The first-order valence-electron chi connectivity index (χ1n) is 12.1. The number of hydrogen-bond acceptors (Lipinski definition) is 8. The summed E-state index contributed by atoms with van der Waals surface area (Å²) in [6.07, 6.45) is 5.63. The largest absolute Gasteiger partial charge is 0.469 e. The molecule has 2 aliphatic heterocycles. The van der Waals surface area contributed by atoms with E-state index < -0.39 is 0 Å². The number of tetrazole rings is 1. The molecule has 38 heavy (non-hydrogen) atoms. The molecule has 0 bridgehead atoms. The molecular formula is C27H22ClN7O3. The van der Waals surface area contributed by atoms with Crippen LogP contribution >= 0.6 is 11.6 Å². The molecule has 0 radical (unpaired) electrons. The third kappa shape index (κ3) is 4.43. The van der Waals surface area contributed by atoms with Gasteiger partial charge in [0, 0.05) is 41.4 Å². The number of methoxy groups -OCH3 is 1. The summed E-state index contributed by atoms with van der Waals surface area (Å²) in [4.78, 5) is 34.5. The number of hydrogen-bond donors (Lipinski definition) is 0. The quantitative estimate of drug-likeness (QED) is 0.351. The molecule has 1 atom stereocenters. The maximum atomic E-state index is 13.4. The highest BCUT2D eigenvalue weighted by molar-refractivity contribution is 6.31. The monoisotopic (exact) mass is 527 g/mol. The van der Waals surface area contributed by atoms with E-state index in [4.69, 9.17) is 21.3 Å². The first-order chi connectivity index (χ1) is 18.5. The van der Waals surface area contributed by atoms with E-state index in [1.54, 1.807) is 22.8 Å². The van der Waals surface area contributed by atoms with Gasteiger partial charge in [-0.2, -0.15) is 4.68 Å². The summed E-state index contributed by atoms with van der Waals surface area (Å²) in [6, 6.07) is 14.5. The van der Waals surface area contributed by atoms with Crippen LogP contribution in [-0.2, 0) is 22.4 Å². The van der Waals surface area contributed by atoms with E-state index in [-0.39, 0.29) is 24.0 Å². The van der Waals surface area contributed by atoms with Gasteiger partial charge in [-0.05, 0) is 51.7 Å². The van der Waals surface area contributed by atoms with Crippen LogP contribution < -0.4 is 5.56 Å². The molecule has 11 heteroatoms. The van der Waals surface area contributed by atoms with E-state index in [1.807, 2.05) is 30.5 Å². The van der Waals surface area contributed by atoms with E-state index in [0.29, 0.717) is 40.6 Å². The van der Waals surface area contributed by atoms with Crippen LogP contribution in [0.15, 0.2) is 70.8 Å². The predicted octanol–water partition coefficient (Wildman–Crippen LogP) is 3.63. The number of aromatic nitrogens is 6. The second-order valence-electron chi connectivity index (χ2n) is 9.14. The molecule has 2 aromatic heterocycles. The molecule has 0 saturated carbocycles. The molecule has 0 saturated heterocycles. The molecule has 0 unspecified atom stereocenters. The van der Waals surface area contributed by atoms with E-state index in [9.17, 15) is 9.59 Å². The summed E-state index contributed by atoms with van der Waals surface area (Å²) in [5, 5.41) is 11.9. The van der Waals surface area contributed by atoms with Gasteiger partial charge in [0.25, 0.3) is 5.56 Å². The SMILES string of the molecule is COC(=O)Cc1ccc(C2=CN=C([C@@H]3CCc4nc(-c5cc(Cl)ccc5-n5cnnn5)cc(=O)n43)C2)cc1. The molecule has 10 nitrogen and oxygen atoms in total. The van der Waals surface area contributed by atoms with Crippen LogP contribution in [0.5, 0.6) is 0 Å². The molecule has 0 amide bonds. The molecule has 0 N–H and O–H groups in total. The number of carbonyl (C=O) groups is 1. The lowest BCUT2D eigenvalue weighted by Crippen LogP contribution is -2.28. The van der Waals surface area contributed by atoms with Gasteiger partial charge < -0.3 is 4.74 Å². The van der Waals surface area contributed by atoms with Gasteiger partial charge in [0.15, 0.2) is 0 Å². The van der Waals surface area contributed by atoms with Gasteiger partial charge in [-0.25, -0.2) is 4.98 Å². The zero-order chi connectivity index (χ0) is 26.2. The zero-order valence-electron chi connectivity index (χ0n) is 20.4. The normalized spacial score (nSPS) is 16.2. The van der Waals surface area contributed by atoms with Crippen molar-refractivity contribution in [1.82, 2.24) is 29.8 Å². The van der Waals surface area contributed by atoms with Gasteiger partial charge in [-0.1, -0.05) is 35.9 Å². The van der Waals surface area contributed by atoms with Crippen LogP contribution in [0.2, 0.25) is 5.02 Å². The Bertz CT molecular complexity index is 1660. The smallest absolute Gasteiger partial charge is 0.309 e. The maximum absolute atomic E-state index is 13.4. The van der Waals surface area contributed by atoms with Crippen molar-refractivity contribution in [2.45, 2.75) is 31.7 Å². The van der Waals surface area contributed by atoms with Crippen LogP contribution in [0.1, 0.15) is 35.8 Å². The minimum atomic E-state index is -0.271. The Balaban J connectivity index is 1.24. The molecule has 0 aliphatic carbocycles. The van der Waals surface area contributed by atoms with Crippen LogP contribution in [0, 0.1) is 0 Å². The van der Waals surface area contributed by atoms with Gasteiger partial charge >= 0.3 is 5.97 Å². The maximum Gasteiger partial charge on any atom is 0.309 e. The fraction of sp³-hybridized carbons (Fsp3) is 0.222. The average molecular weight is 528 g/mol. The van der Waals surface area contributed by atoms with Gasteiger partial charge in [-0.3, -0.25) is 19.1 Å². The Morgan fingerprint density at radius 1 is 1.16 bits per heavy atom. The minimum Gasteiger partial charge on any atom is -0.469 e. The summed E-state index contributed by atoms with van der Waals surface area (Å²) in [7, 11) is 1.38. The van der Waals surface area contributed by atoms with E-state index in [1.165, 1.54) is 24.2 Å². The summed E-state index contributed by atoms with van der Waals surface area (Å²) < 4.78 is 8.00. The Kier molecular flexibility index (Phi) is 6.16. The van der Waals surface area contributed by atoms with Gasteiger partial charge in [0.2, 0.25) is 0 Å². The number of aliphatic imine (C=N–C) groups is 1. The summed E-state index contributed by atoms with van der Waals surface area (Å²) >= 11 is 6.28. The van der Waals surface area contributed by atoms with Gasteiger partial charge in [0.05, 0.1) is 31.0 Å². The fourth-order valence-electron chi connectivity index (χ4n) is 4.99. The van der Waals surface area contributed by atoms with E-state index >= 15 is 0 Å². The molecule has 4 heterocycles. The summed E-state index contributed by atoms with van der Waals surface area (Å²) in [5.41, 5.74) is 5.66. The van der Waals surface area contributed by atoms with Crippen molar-refractivity contribution in [1.29, 1.82) is 0 Å². The van der Waals surface area contributed by atoms with Crippen molar-refractivity contribution in [3.8, 4) is 16.9 Å². The van der Waals surface area contributed by atoms with Crippen molar-refractivity contribution in [3.05, 3.63) is 93.4 Å². The Labute approximate surface area is 222 Å². The number of allylic oxidation sites excluding steroid dienone is 1. The zero-order valence-corrected chi connectivity index (χ0v) is 21.2. The second kappa shape index (κ2) is 9.79. The molecule has 4 aromatic rings. The van der Waals surface area contributed by atoms with Crippen molar-refractivity contribution >= 4 is 28.9 Å². The van der Waals surface area contributed by atoms with Crippen LogP contribution in [0.4, 0.5) is 0 Å². The number of nitrogens with zero attached hydrogens (tertiary/aromatic N) is 7. The number of carbonyl (C=O) groups excluding carboxylic acids is 1. The number of fused-ring (bicyclic) bond motifs is 1. The highest BCUT2D eigenvalue weighted by atomic mass is 35.5. The number of benzene rings is 2. The van der Waals surface area contributed by atoms with E-state index in [0.717, 1.165) is 28.8 Å². The van der Waals surface area contributed by atoms with Crippen LogP contribution in [-0.4, -0.2) is 48.5 Å². The van der Waals surface area contributed by atoms with E-state index in [2.05, 4.69) is 20.5 Å². The standard InChI is InChI=1S/C27H22ClN7O3/c1-38-27(37)10-16-2-4-17(5-3-16)18-11-22(29-14-18)24-8-9-25-31-21(13-26(36)35(24)25)20-12-19(28)6-7-23(20)34-15-30-32-33-34/h2-7,12-15,24H,8-11H2,1H3/t24-/m0/s1. The van der Waals surface area contributed by atoms with Crippen LogP contribution in [0.25, 0.3) is 22.5 Å². The molecule has 0 fully saturated rings. The number of rotatable bonds is 6. The van der Waals surface area contributed by atoms with Crippen molar-refractivity contribution in [3.63, 3.8) is 0 Å². The Morgan fingerprint density at radius 3 is 2.76 bits per heavy atom. The average Bonchev–Trinajstić information content (AvgIpc) is 3.70. The molecule has 6 rings (SSSR count). The first-order valence-corrected chi connectivity index (χ1v) is 12.5. The lowest BCUT2D eigenvalue weighted by molar-refractivity contribution is -0.139. The van der Waals surface area contributed by atoms with Crippen molar-refractivity contribution in [2.24, 2.45) is 4.99 Å². The fourth-order valence-corrected chi connectivity index (χ4v) is 5.16. The predicted molar refractivity (Wildman–Crippen MR) is 141 cm³/mol. The highest BCUT2D eigenvalue weighted by Gasteiger charge is 2.31. The lowest BCUT2D eigenvalue weighted by Gasteiger charge is -2.16. The number of halogens is 1. The van der Waals surface area contributed by atoms with Crippen LogP contribution in [0.3, 0.4) is 0 Å². The second-order valence-corrected chi connectivity index (χ2v) is 9.57. The molecule has 190 valence electrons. The third-order valence-corrected chi connectivity index (χ3v) is 7.09. The Morgan fingerprint density at radius 2 is 2.00 bits per heavy atom. The highest BCUT2D eigenvalue weighted by Crippen LogP contribution is 2.34. The van der Waals surface area contributed by atoms with Crippen molar-refractivity contribution < 1.29 is 9.53 Å². The number of esters is 1. The lowest BCUT2D eigenvalue weighted by atomic mass is 9.97.